The molecule has 0 aliphatic heterocycles. The number of nitrogens with zero attached hydrogens (tertiary/aromatic N) is 3. The molecule has 0 saturated heterocycles. The maximum absolute atomic E-state index is 11.8. The van der Waals surface area contributed by atoms with Gasteiger partial charge in [0.1, 0.15) is 11.2 Å². The van der Waals surface area contributed by atoms with E-state index in [0.717, 1.165) is 11.3 Å². The van der Waals surface area contributed by atoms with Crippen LogP contribution in [0.1, 0.15) is 23.0 Å². The van der Waals surface area contributed by atoms with Gasteiger partial charge in [-0.15, -0.1) is 0 Å². The van der Waals surface area contributed by atoms with E-state index in [2.05, 4.69) is 9.97 Å². The zero-order chi connectivity index (χ0) is 13.4. The Hall–Kier alpha value is -2.43. The normalized spacial score (nSPS) is 11.1. The van der Waals surface area contributed by atoms with Crippen molar-refractivity contribution in [2.75, 3.05) is 6.61 Å². The van der Waals surface area contributed by atoms with Crippen LogP contribution in [0.5, 0.6) is 0 Å². The lowest BCUT2D eigenvalue weighted by molar-refractivity contribution is 0.0525. The van der Waals surface area contributed by atoms with Crippen LogP contribution in [0, 0.1) is 6.92 Å². The Kier molecular flexibility index (Phi) is 2.67. The number of aromatic nitrogens is 3. The fourth-order valence-corrected chi connectivity index (χ4v) is 2.08. The van der Waals surface area contributed by atoms with E-state index >= 15 is 0 Å². The predicted octanol–water partition coefficient (Wildman–Crippen LogP) is 2.37. The third-order valence-corrected chi connectivity index (χ3v) is 2.97. The molecule has 5 heteroatoms. The van der Waals surface area contributed by atoms with Gasteiger partial charge in [-0.1, -0.05) is 6.07 Å². The number of hydrogen-bond donors (Lipinski definition) is 0. The summed E-state index contributed by atoms with van der Waals surface area (Å²) in [4.78, 5) is 20.7. The summed E-state index contributed by atoms with van der Waals surface area (Å²) in [7, 11) is 0. The van der Waals surface area contributed by atoms with E-state index < -0.39 is 0 Å². The molecule has 3 rings (SSSR count). The van der Waals surface area contributed by atoms with Gasteiger partial charge >= 0.3 is 5.97 Å². The fourth-order valence-electron chi connectivity index (χ4n) is 2.08. The average molecular weight is 255 g/mol. The number of rotatable bonds is 2. The summed E-state index contributed by atoms with van der Waals surface area (Å²) in [6.45, 7) is 3.93. The minimum absolute atomic E-state index is 0.349. The summed E-state index contributed by atoms with van der Waals surface area (Å²) >= 11 is 0. The van der Waals surface area contributed by atoms with Gasteiger partial charge in [-0.3, -0.25) is 4.40 Å². The molecule has 0 saturated carbocycles. The van der Waals surface area contributed by atoms with Crippen LogP contribution in [-0.4, -0.2) is 26.9 Å². The maximum atomic E-state index is 11.8. The van der Waals surface area contributed by atoms with Crippen LogP contribution in [0.3, 0.4) is 0 Å². The molecule has 0 aromatic carbocycles. The Morgan fingerprint density at radius 1 is 1.37 bits per heavy atom. The Balaban J connectivity index is 2.25. The van der Waals surface area contributed by atoms with Crippen molar-refractivity contribution in [3.8, 4) is 0 Å². The van der Waals surface area contributed by atoms with E-state index in [4.69, 9.17) is 4.74 Å². The highest BCUT2D eigenvalue weighted by molar-refractivity contribution is 5.94. The standard InChI is InChI=1S/C14H13N3O2/c1-3-19-14(18)10-8-11-13(15-9(10)2)17-7-5-4-6-12(17)16-11/h4-8H,3H2,1-2H3. The summed E-state index contributed by atoms with van der Waals surface area (Å²) in [5.74, 6) is -0.355. The Bertz CT molecular complexity index is 777. The number of ether oxygens (including phenoxy) is 1. The fraction of sp³-hybridized carbons (Fsp3) is 0.214. The van der Waals surface area contributed by atoms with Crippen molar-refractivity contribution in [2.24, 2.45) is 0 Å². The second-order valence-corrected chi connectivity index (χ2v) is 4.23. The number of hydrogen-bond acceptors (Lipinski definition) is 4. The Morgan fingerprint density at radius 3 is 3.00 bits per heavy atom. The first kappa shape index (κ1) is 11.6. The molecular weight excluding hydrogens is 242 g/mol. The van der Waals surface area contributed by atoms with Gasteiger partial charge in [-0.2, -0.15) is 0 Å². The van der Waals surface area contributed by atoms with Crippen LogP contribution in [-0.2, 0) is 4.74 Å². The summed E-state index contributed by atoms with van der Waals surface area (Å²) in [6.07, 6.45) is 1.90. The summed E-state index contributed by atoms with van der Waals surface area (Å²) in [5, 5.41) is 0. The van der Waals surface area contributed by atoms with Gasteiger partial charge in [0.25, 0.3) is 0 Å². The van der Waals surface area contributed by atoms with Crippen molar-refractivity contribution in [1.29, 1.82) is 0 Å². The second kappa shape index (κ2) is 4.35. The topological polar surface area (TPSA) is 56.5 Å². The molecule has 0 unspecified atom stereocenters. The van der Waals surface area contributed by atoms with Crippen LogP contribution in [0.2, 0.25) is 0 Å². The summed E-state index contributed by atoms with van der Waals surface area (Å²) < 4.78 is 6.92. The van der Waals surface area contributed by atoms with Crippen LogP contribution >= 0.6 is 0 Å². The molecule has 0 radical (unpaired) electrons. The lowest BCUT2D eigenvalue weighted by Gasteiger charge is -2.04. The largest absolute Gasteiger partial charge is 0.462 e. The molecule has 0 bridgehead atoms. The summed E-state index contributed by atoms with van der Waals surface area (Å²) in [6, 6.07) is 7.48. The molecule has 0 fully saturated rings. The van der Waals surface area contributed by atoms with Gasteiger partial charge in [0, 0.05) is 6.20 Å². The Morgan fingerprint density at radius 2 is 2.21 bits per heavy atom. The van der Waals surface area contributed by atoms with Crippen molar-refractivity contribution in [2.45, 2.75) is 13.8 Å². The van der Waals surface area contributed by atoms with Crippen LogP contribution in [0.15, 0.2) is 30.5 Å². The van der Waals surface area contributed by atoms with Gasteiger partial charge in [-0.25, -0.2) is 14.8 Å². The third kappa shape index (κ3) is 1.83. The van der Waals surface area contributed by atoms with Crippen molar-refractivity contribution < 1.29 is 9.53 Å². The number of esters is 1. The number of pyridine rings is 2. The molecule has 0 aliphatic carbocycles. The first-order chi connectivity index (χ1) is 9.20. The second-order valence-electron chi connectivity index (χ2n) is 4.23. The van der Waals surface area contributed by atoms with Gasteiger partial charge in [0.2, 0.25) is 0 Å². The van der Waals surface area contributed by atoms with E-state index in [1.54, 1.807) is 19.9 Å². The molecule has 19 heavy (non-hydrogen) atoms. The third-order valence-electron chi connectivity index (χ3n) is 2.97. The van der Waals surface area contributed by atoms with Crippen molar-refractivity contribution in [1.82, 2.24) is 14.4 Å². The Labute approximate surface area is 109 Å². The van der Waals surface area contributed by atoms with Crippen molar-refractivity contribution in [3.05, 3.63) is 41.7 Å². The predicted molar refractivity (Wildman–Crippen MR) is 71.2 cm³/mol. The van der Waals surface area contributed by atoms with E-state index in [1.807, 2.05) is 28.8 Å². The van der Waals surface area contributed by atoms with Gasteiger partial charge in [0.15, 0.2) is 5.65 Å². The zero-order valence-electron chi connectivity index (χ0n) is 10.8. The van der Waals surface area contributed by atoms with Gasteiger partial charge in [-0.05, 0) is 32.0 Å². The quantitative estimate of drug-likeness (QED) is 0.660. The highest BCUT2D eigenvalue weighted by Crippen LogP contribution is 2.18. The number of fused-ring (bicyclic) bond motifs is 3. The zero-order valence-corrected chi connectivity index (χ0v) is 10.8. The number of imidazole rings is 1. The number of aryl methyl sites for hydroxylation is 1. The molecule has 0 N–H and O–H groups in total. The van der Waals surface area contributed by atoms with E-state index in [-0.39, 0.29) is 5.97 Å². The highest BCUT2D eigenvalue weighted by atomic mass is 16.5. The van der Waals surface area contributed by atoms with Crippen molar-refractivity contribution in [3.63, 3.8) is 0 Å². The summed E-state index contributed by atoms with van der Waals surface area (Å²) in [5.41, 5.74) is 3.38. The van der Waals surface area contributed by atoms with E-state index in [9.17, 15) is 4.79 Å². The lowest BCUT2D eigenvalue weighted by Crippen LogP contribution is -2.08. The number of carbonyl (C=O) groups excluding carboxylic acids is 1. The molecule has 3 aromatic heterocycles. The monoisotopic (exact) mass is 255 g/mol. The molecule has 0 amide bonds. The SMILES string of the molecule is CCOC(=O)c1cc2nc3ccccn3c2nc1C. The lowest BCUT2D eigenvalue weighted by atomic mass is 10.2. The first-order valence-electron chi connectivity index (χ1n) is 6.12. The van der Waals surface area contributed by atoms with Gasteiger partial charge < -0.3 is 4.74 Å². The molecule has 5 nitrogen and oxygen atoms in total. The minimum atomic E-state index is -0.355. The van der Waals surface area contributed by atoms with E-state index in [0.29, 0.717) is 23.4 Å². The number of carbonyl (C=O) groups is 1. The molecule has 96 valence electrons. The van der Waals surface area contributed by atoms with Crippen LogP contribution in [0.25, 0.3) is 16.8 Å². The van der Waals surface area contributed by atoms with Crippen LogP contribution in [0.4, 0.5) is 0 Å². The minimum Gasteiger partial charge on any atom is -0.462 e. The van der Waals surface area contributed by atoms with Crippen molar-refractivity contribution >= 4 is 22.8 Å². The molecular formula is C14H13N3O2. The van der Waals surface area contributed by atoms with Gasteiger partial charge in [0.05, 0.1) is 17.9 Å². The maximum Gasteiger partial charge on any atom is 0.340 e. The first-order valence-corrected chi connectivity index (χ1v) is 6.12. The molecule has 0 aliphatic rings. The average Bonchev–Trinajstić information content (AvgIpc) is 2.76. The molecule has 0 spiro atoms. The van der Waals surface area contributed by atoms with Crippen LogP contribution < -0.4 is 0 Å². The van der Waals surface area contributed by atoms with E-state index in [1.165, 1.54) is 0 Å². The smallest absolute Gasteiger partial charge is 0.340 e. The molecule has 3 aromatic rings. The molecule has 0 atom stereocenters. The highest BCUT2D eigenvalue weighted by Gasteiger charge is 2.15. The molecule has 3 heterocycles.